The van der Waals surface area contributed by atoms with E-state index in [4.69, 9.17) is 18.9 Å². The molecule has 0 aromatic carbocycles. The molecular weight excluding hydrogens is 352 g/mol. The van der Waals surface area contributed by atoms with E-state index in [1.165, 1.54) is 12.8 Å². The first kappa shape index (κ1) is 30.0. The van der Waals surface area contributed by atoms with Gasteiger partial charge in [-0.25, -0.2) is 0 Å². The Morgan fingerprint density at radius 2 is 0.714 bits per heavy atom. The predicted octanol–water partition coefficient (Wildman–Crippen LogP) is 6.51. The molecule has 172 valence electrons. The van der Waals surface area contributed by atoms with Crippen molar-refractivity contribution < 1.29 is 18.9 Å². The van der Waals surface area contributed by atoms with E-state index in [-0.39, 0.29) is 0 Å². The van der Waals surface area contributed by atoms with Crippen molar-refractivity contribution >= 4 is 0 Å². The molecule has 28 heavy (non-hydrogen) atoms. The Bertz CT molecular complexity index is 262. The highest BCUT2D eigenvalue weighted by Crippen LogP contribution is 2.20. The third-order valence-corrected chi connectivity index (χ3v) is 3.87. The fourth-order valence-corrected chi connectivity index (χ4v) is 2.34. The van der Waals surface area contributed by atoms with Crippen LogP contribution in [-0.4, -0.2) is 52.9 Å². The van der Waals surface area contributed by atoms with Gasteiger partial charge in [0, 0.05) is 26.4 Å². The molecule has 0 heterocycles. The van der Waals surface area contributed by atoms with Gasteiger partial charge in [0.25, 0.3) is 0 Å². The highest BCUT2D eigenvalue weighted by atomic mass is 16.5. The van der Waals surface area contributed by atoms with Crippen LogP contribution >= 0.6 is 0 Å². The maximum Gasteiger partial charge on any atom is 0.0700 e. The average Bonchev–Trinajstić information content (AvgIpc) is 2.58. The molecule has 0 aromatic rings. The zero-order valence-corrected chi connectivity index (χ0v) is 20.5. The lowest BCUT2D eigenvalue weighted by molar-refractivity contribution is 0.0410. The van der Waals surface area contributed by atoms with E-state index in [0.717, 1.165) is 78.5 Å². The van der Waals surface area contributed by atoms with Crippen molar-refractivity contribution in [3.63, 3.8) is 0 Å². The van der Waals surface area contributed by atoms with Crippen molar-refractivity contribution in [1.29, 1.82) is 0 Å². The van der Waals surface area contributed by atoms with Gasteiger partial charge in [-0.2, -0.15) is 0 Å². The Morgan fingerprint density at radius 1 is 0.429 bits per heavy atom. The average molecular weight is 405 g/mol. The third kappa shape index (κ3) is 33.4. The standard InChI is InChI=1S/C16H34O2.C8H18O2/c1-15(2,3)9-7-11-17-13-14-18-12-8-10-16(4,5)6;1-3-5-9-7-8-10-6-4-2/h7-14H2,1-6H3;3-8H2,1-2H3. The predicted molar refractivity (Wildman–Crippen MR) is 121 cm³/mol. The molecule has 0 aliphatic heterocycles. The van der Waals surface area contributed by atoms with Crippen molar-refractivity contribution in [3.05, 3.63) is 0 Å². The van der Waals surface area contributed by atoms with E-state index >= 15 is 0 Å². The van der Waals surface area contributed by atoms with Gasteiger partial charge >= 0.3 is 0 Å². The minimum Gasteiger partial charge on any atom is -0.379 e. The Morgan fingerprint density at radius 3 is 0.964 bits per heavy atom. The fraction of sp³-hybridized carbons (Fsp3) is 1.00. The molecule has 0 aliphatic rings. The summed E-state index contributed by atoms with van der Waals surface area (Å²) in [7, 11) is 0. The summed E-state index contributed by atoms with van der Waals surface area (Å²) >= 11 is 0. The summed E-state index contributed by atoms with van der Waals surface area (Å²) < 4.78 is 21.5. The van der Waals surface area contributed by atoms with Crippen LogP contribution in [0.4, 0.5) is 0 Å². The summed E-state index contributed by atoms with van der Waals surface area (Å²) in [6.07, 6.45) is 6.92. The van der Waals surface area contributed by atoms with Crippen molar-refractivity contribution in [2.75, 3.05) is 52.9 Å². The summed E-state index contributed by atoms with van der Waals surface area (Å²) in [6.45, 7) is 24.2. The van der Waals surface area contributed by atoms with E-state index in [2.05, 4.69) is 55.4 Å². The topological polar surface area (TPSA) is 36.9 Å². The fourth-order valence-electron chi connectivity index (χ4n) is 2.34. The van der Waals surface area contributed by atoms with Crippen molar-refractivity contribution in [2.24, 2.45) is 10.8 Å². The molecule has 0 fully saturated rings. The van der Waals surface area contributed by atoms with Gasteiger partial charge in [-0.15, -0.1) is 0 Å². The van der Waals surface area contributed by atoms with Gasteiger partial charge in [0.2, 0.25) is 0 Å². The SMILES string of the molecule is CC(C)(C)CCCOCCOCCCC(C)(C)C.CCCOCCOCCC. The van der Waals surface area contributed by atoms with Crippen LogP contribution in [0.2, 0.25) is 0 Å². The molecule has 4 nitrogen and oxygen atoms in total. The van der Waals surface area contributed by atoms with Gasteiger partial charge in [0.15, 0.2) is 0 Å². The van der Waals surface area contributed by atoms with Crippen LogP contribution in [0.5, 0.6) is 0 Å². The second-order valence-electron chi connectivity index (χ2n) is 9.78. The number of hydrogen-bond acceptors (Lipinski definition) is 4. The summed E-state index contributed by atoms with van der Waals surface area (Å²) in [5, 5.41) is 0. The van der Waals surface area contributed by atoms with Gasteiger partial charge in [-0.3, -0.25) is 0 Å². The zero-order valence-electron chi connectivity index (χ0n) is 20.5. The lowest BCUT2D eigenvalue weighted by atomic mass is 9.91. The molecule has 0 unspecified atom stereocenters. The molecule has 0 atom stereocenters. The quantitative estimate of drug-likeness (QED) is 0.275. The van der Waals surface area contributed by atoms with Gasteiger partial charge in [-0.1, -0.05) is 55.4 Å². The second-order valence-corrected chi connectivity index (χ2v) is 9.78. The summed E-state index contributed by atoms with van der Waals surface area (Å²) in [6, 6.07) is 0. The molecule has 0 N–H and O–H groups in total. The van der Waals surface area contributed by atoms with Crippen molar-refractivity contribution in [1.82, 2.24) is 0 Å². The number of rotatable bonds is 16. The Balaban J connectivity index is 0. The molecule has 0 spiro atoms. The van der Waals surface area contributed by atoms with E-state index < -0.39 is 0 Å². The summed E-state index contributed by atoms with van der Waals surface area (Å²) in [5.41, 5.74) is 0.847. The first-order valence-corrected chi connectivity index (χ1v) is 11.4. The number of hydrogen-bond donors (Lipinski definition) is 0. The van der Waals surface area contributed by atoms with Gasteiger partial charge < -0.3 is 18.9 Å². The van der Waals surface area contributed by atoms with Crippen LogP contribution in [0, 0.1) is 10.8 Å². The Labute approximate surface area is 177 Å². The molecule has 0 aliphatic carbocycles. The minimum atomic E-state index is 0.423. The van der Waals surface area contributed by atoms with E-state index in [1.807, 2.05) is 0 Å². The highest BCUT2D eigenvalue weighted by molar-refractivity contribution is 4.61. The van der Waals surface area contributed by atoms with E-state index in [0.29, 0.717) is 10.8 Å². The summed E-state index contributed by atoms with van der Waals surface area (Å²) in [5.74, 6) is 0. The lowest BCUT2D eigenvalue weighted by Crippen LogP contribution is -2.11. The van der Waals surface area contributed by atoms with Gasteiger partial charge in [0.05, 0.1) is 26.4 Å². The van der Waals surface area contributed by atoms with E-state index in [9.17, 15) is 0 Å². The van der Waals surface area contributed by atoms with Crippen LogP contribution in [0.15, 0.2) is 0 Å². The molecule has 0 aromatic heterocycles. The van der Waals surface area contributed by atoms with Crippen LogP contribution in [-0.2, 0) is 18.9 Å². The smallest absolute Gasteiger partial charge is 0.0700 e. The van der Waals surface area contributed by atoms with Crippen LogP contribution < -0.4 is 0 Å². The number of ether oxygens (including phenoxy) is 4. The van der Waals surface area contributed by atoms with Crippen molar-refractivity contribution in [2.45, 2.75) is 93.9 Å². The summed E-state index contributed by atoms with van der Waals surface area (Å²) in [4.78, 5) is 0. The largest absolute Gasteiger partial charge is 0.379 e. The van der Waals surface area contributed by atoms with Gasteiger partial charge in [0.1, 0.15) is 0 Å². The Kier molecular flexibility index (Phi) is 21.6. The molecule has 0 saturated heterocycles. The monoisotopic (exact) mass is 404 g/mol. The Hall–Kier alpha value is -0.160. The molecule has 0 saturated carbocycles. The first-order valence-electron chi connectivity index (χ1n) is 11.4. The maximum absolute atomic E-state index is 5.55. The van der Waals surface area contributed by atoms with Crippen LogP contribution in [0.25, 0.3) is 0 Å². The zero-order chi connectivity index (χ0) is 21.7. The van der Waals surface area contributed by atoms with E-state index in [1.54, 1.807) is 0 Å². The van der Waals surface area contributed by atoms with Gasteiger partial charge in [-0.05, 0) is 49.4 Å². The second kappa shape index (κ2) is 20.1. The molecule has 4 heteroatoms. The lowest BCUT2D eigenvalue weighted by Gasteiger charge is -2.18. The first-order chi connectivity index (χ1) is 13.1. The highest BCUT2D eigenvalue weighted by Gasteiger charge is 2.09. The molecule has 0 amide bonds. The molecule has 0 radical (unpaired) electrons. The van der Waals surface area contributed by atoms with Crippen LogP contribution in [0.1, 0.15) is 93.9 Å². The normalized spacial score (nSPS) is 12.0. The van der Waals surface area contributed by atoms with Crippen molar-refractivity contribution in [3.8, 4) is 0 Å². The van der Waals surface area contributed by atoms with Crippen LogP contribution in [0.3, 0.4) is 0 Å². The third-order valence-electron chi connectivity index (χ3n) is 3.87. The molecule has 0 bridgehead atoms. The molecule has 0 rings (SSSR count). The molecular formula is C24H52O4. The minimum absolute atomic E-state index is 0.423. The maximum atomic E-state index is 5.55.